The molecular formula is C16H24FN3O. The van der Waals surface area contributed by atoms with Crippen LogP contribution in [0.15, 0.2) is 18.2 Å². The second-order valence-corrected chi connectivity index (χ2v) is 5.88. The molecule has 21 heavy (non-hydrogen) atoms. The fourth-order valence-corrected chi connectivity index (χ4v) is 2.39. The Labute approximate surface area is 125 Å². The quantitative estimate of drug-likeness (QED) is 0.877. The van der Waals surface area contributed by atoms with Crippen LogP contribution in [-0.4, -0.2) is 32.1 Å². The van der Waals surface area contributed by atoms with E-state index in [2.05, 4.69) is 24.5 Å². The highest BCUT2D eigenvalue weighted by Crippen LogP contribution is 2.23. The molecule has 1 heterocycles. The molecule has 2 N–H and O–H groups in total. The maximum Gasteiger partial charge on any atom is 0.224 e. The fraction of sp³-hybridized carbons (Fsp3) is 0.562. The van der Waals surface area contributed by atoms with Crippen LogP contribution in [0.25, 0.3) is 0 Å². The van der Waals surface area contributed by atoms with Gasteiger partial charge in [0.15, 0.2) is 0 Å². The predicted molar refractivity (Wildman–Crippen MR) is 84.2 cm³/mol. The summed E-state index contributed by atoms with van der Waals surface area (Å²) in [6.45, 7) is 7.50. The topological polar surface area (TPSA) is 44.4 Å². The monoisotopic (exact) mass is 293 g/mol. The first kappa shape index (κ1) is 15.8. The number of benzene rings is 1. The number of rotatable bonds is 5. The molecule has 5 heteroatoms. The maximum absolute atomic E-state index is 14.2. The summed E-state index contributed by atoms with van der Waals surface area (Å²) in [4.78, 5) is 13.8. The number of hydrogen-bond acceptors (Lipinski definition) is 3. The van der Waals surface area contributed by atoms with Gasteiger partial charge in [-0.25, -0.2) is 4.39 Å². The van der Waals surface area contributed by atoms with Crippen molar-refractivity contribution in [2.24, 2.45) is 5.92 Å². The Balaban J connectivity index is 1.96. The van der Waals surface area contributed by atoms with Gasteiger partial charge in [-0.05, 0) is 30.5 Å². The van der Waals surface area contributed by atoms with Gasteiger partial charge in [0, 0.05) is 38.3 Å². The Bertz CT molecular complexity index is 484. The molecule has 0 atom stereocenters. The minimum Gasteiger partial charge on any atom is -0.367 e. The smallest absolute Gasteiger partial charge is 0.224 e. The predicted octanol–water partition coefficient (Wildman–Crippen LogP) is 2.61. The molecule has 0 spiro atoms. The molecule has 0 saturated carbocycles. The Kier molecular flexibility index (Phi) is 5.56. The molecule has 2 rings (SSSR count). The van der Waals surface area contributed by atoms with Crippen molar-refractivity contribution in [3.05, 3.63) is 24.0 Å². The fourth-order valence-electron chi connectivity index (χ4n) is 2.39. The lowest BCUT2D eigenvalue weighted by atomic mass is 10.1. The average molecular weight is 293 g/mol. The Morgan fingerprint density at radius 2 is 2.10 bits per heavy atom. The van der Waals surface area contributed by atoms with Crippen molar-refractivity contribution < 1.29 is 9.18 Å². The zero-order valence-corrected chi connectivity index (χ0v) is 12.8. The van der Waals surface area contributed by atoms with Crippen LogP contribution in [0.3, 0.4) is 0 Å². The van der Waals surface area contributed by atoms with Crippen molar-refractivity contribution in [3.8, 4) is 0 Å². The third kappa shape index (κ3) is 4.70. The molecule has 116 valence electrons. The number of anilines is 2. The van der Waals surface area contributed by atoms with Crippen molar-refractivity contribution in [2.45, 2.75) is 26.7 Å². The van der Waals surface area contributed by atoms with Gasteiger partial charge in [0.2, 0.25) is 5.91 Å². The van der Waals surface area contributed by atoms with E-state index in [1.54, 1.807) is 12.1 Å². The normalized spacial score (nSPS) is 15.3. The lowest BCUT2D eigenvalue weighted by molar-refractivity contribution is -0.116. The van der Waals surface area contributed by atoms with E-state index >= 15 is 0 Å². The molecule has 0 aliphatic carbocycles. The Hall–Kier alpha value is -1.62. The van der Waals surface area contributed by atoms with E-state index in [0.717, 1.165) is 32.6 Å². The summed E-state index contributed by atoms with van der Waals surface area (Å²) in [5.74, 6) is 0.152. The number of amides is 1. The summed E-state index contributed by atoms with van der Waals surface area (Å²) >= 11 is 0. The van der Waals surface area contributed by atoms with Crippen LogP contribution < -0.4 is 15.5 Å². The first-order valence-corrected chi connectivity index (χ1v) is 7.61. The van der Waals surface area contributed by atoms with Crippen molar-refractivity contribution >= 4 is 17.3 Å². The van der Waals surface area contributed by atoms with Crippen molar-refractivity contribution in [2.75, 3.05) is 36.4 Å². The Morgan fingerprint density at radius 3 is 2.71 bits per heavy atom. The highest BCUT2D eigenvalue weighted by Gasteiger charge is 2.15. The van der Waals surface area contributed by atoms with E-state index in [1.807, 2.05) is 4.90 Å². The molecule has 1 aliphatic heterocycles. The number of nitrogens with zero attached hydrogens (tertiary/aromatic N) is 1. The van der Waals surface area contributed by atoms with Crippen molar-refractivity contribution in [1.29, 1.82) is 0 Å². The van der Waals surface area contributed by atoms with Crippen LogP contribution in [0, 0.1) is 11.7 Å². The minimum atomic E-state index is -0.279. The first-order valence-electron chi connectivity index (χ1n) is 7.61. The minimum absolute atomic E-state index is 0.0574. The van der Waals surface area contributed by atoms with Crippen LogP contribution >= 0.6 is 0 Å². The highest BCUT2D eigenvalue weighted by atomic mass is 19.1. The van der Waals surface area contributed by atoms with Gasteiger partial charge in [-0.2, -0.15) is 0 Å². The van der Waals surface area contributed by atoms with E-state index < -0.39 is 0 Å². The third-order valence-electron chi connectivity index (χ3n) is 3.64. The van der Waals surface area contributed by atoms with Gasteiger partial charge in [0.1, 0.15) is 5.82 Å². The molecule has 1 aromatic rings. The van der Waals surface area contributed by atoms with Crippen LogP contribution in [0.5, 0.6) is 0 Å². The number of nitrogens with one attached hydrogen (secondary N) is 2. The lowest BCUT2D eigenvalue weighted by Crippen LogP contribution is -2.43. The van der Waals surface area contributed by atoms with Gasteiger partial charge in [-0.1, -0.05) is 13.8 Å². The molecule has 1 amide bonds. The van der Waals surface area contributed by atoms with Gasteiger partial charge in [-0.3, -0.25) is 4.79 Å². The number of halogens is 1. The second-order valence-electron chi connectivity index (χ2n) is 5.88. The van der Waals surface area contributed by atoms with Gasteiger partial charge in [0.25, 0.3) is 0 Å². The lowest BCUT2D eigenvalue weighted by Gasteiger charge is -2.29. The van der Waals surface area contributed by atoms with E-state index in [-0.39, 0.29) is 11.7 Å². The molecule has 1 saturated heterocycles. The van der Waals surface area contributed by atoms with Crippen LogP contribution in [0.1, 0.15) is 26.7 Å². The van der Waals surface area contributed by atoms with Gasteiger partial charge in [-0.15, -0.1) is 0 Å². The zero-order valence-electron chi connectivity index (χ0n) is 12.8. The molecule has 1 fully saturated rings. The van der Waals surface area contributed by atoms with Gasteiger partial charge in [0.05, 0.1) is 5.69 Å². The summed E-state index contributed by atoms with van der Waals surface area (Å²) in [5, 5.41) is 6.00. The Morgan fingerprint density at radius 1 is 1.38 bits per heavy atom. The molecule has 0 aromatic heterocycles. The number of carbonyl (C=O) groups is 1. The number of hydrogen-bond donors (Lipinski definition) is 2. The standard InChI is InChI=1S/C16H24FN3O/c1-12(2)3-6-16(21)19-13-4-5-15(14(17)11-13)20-9-7-18-8-10-20/h4-5,11-12,18H,3,6-10H2,1-2H3,(H,19,21). The molecule has 0 radical (unpaired) electrons. The summed E-state index contributed by atoms with van der Waals surface area (Å²) in [7, 11) is 0. The molecule has 0 bridgehead atoms. The highest BCUT2D eigenvalue weighted by molar-refractivity contribution is 5.90. The van der Waals surface area contributed by atoms with E-state index in [9.17, 15) is 9.18 Å². The summed E-state index contributed by atoms with van der Waals surface area (Å²) in [6, 6.07) is 4.93. The summed E-state index contributed by atoms with van der Waals surface area (Å²) < 4.78 is 14.2. The van der Waals surface area contributed by atoms with E-state index in [1.165, 1.54) is 6.07 Å². The molecular weight excluding hydrogens is 269 g/mol. The van der Waals surface area contributed by atoms with E-state index in [0.29, 0.717) is 23.7 Å². The van der Waals surface area contributed by atoms with Crippen molar-refractivity contribution in [1.82, 2.24) is 5.32 Å². The van der Waals surface area contributed by atoms with Gasteiger partial charge >= 0.3 is 0 Å². The second kappa shape index (κ2) is 7.41. The molecule has 4 nitrogen and oxygen atoms in total. The summed E-state index contributed by atoms with van der Waals surface area (Å²) in [6.07, 6.45) is 1.31. The van der Waals surface area contributed by atoms with Crippen molar-refractivity contribution in [3.63, 3.8) is 0 Å². The SMILES string of the molecule is CC(C)CCC(=O)Nc1ccc(N2CCNCC2)c(F)c1. The van der Waals surface area contributed by atoms with Gasteiger partial charge < -0.3 is 15.5 Å². The zero-order chi connectivity index (χ0) is 15.2. The van der Waals surface area contributed by atoms with Crippen LogP contribution in [-0.2, 0) is 4.79 Å². The maximum atomic E-state index is 14.2. The largest absolute Gasteiger partial charge is 0.367 e. The number of piperazine rings is 1. The summed E-state index contributed by atoms with van der Waals surface area (Å²) in [5.41, 5.74) is 1.14. The first-order chi connectivity index (χ1) is 10.1. The third-order valence-corrected chi connectivity index (χ3v) is 3.64. The molecule has 0 unspecified atom stereocenters. The number of carbonyl (C=O) groups excluding carboxylic acids is 1. The molecule has 1 aromatic carbocycles. The van der Waals surface area contributed by atoms with Crippen LogP contribution in [0.2, 0.25) is 0 Å². The van der Waals surface area contributed by atoms with E-state index in [4.69, 9.17) is 0 Å². The molecule has 1 aliphatic rings. The van der Waals surface area contributed by atoms with Crippen LogP contribution in [0.4, 0.5) is 15.8 Å². The average Bonchev–Trinajstić information content (AvgIpc) is 2.46.